The molecule has 3 rings (SSSR count). The minimum atomic E-state index is 0.206. The molecule has 2 atom stereocenters. The number of likely N-dealkylation sites (tertiary alicyclic amines) is 1. The molecule has 3 fully saturated rings. The minimum Gasteiger partial charge on any atom is -0.381 e. The first kappa shape index (κ1) is 18.2. The third-order valence-corrected chi connectivity index (χ3v) is 5.91. The summed E-state index contributed by atoms with van der Waals surface area (Å²) in [5, 5.41) is 3.27. The zero-order valence-electron chi connectivity index (χ0n) is 15.2. The van der Waals surface area contributed by atoms with Gasteiger partial charge in [0.1, 0.15) is 0 Å². The number of ether oxygens (including phenoxy) is 2. The maximum atomic E-state index is 12.3. The van der Waals surface area contributed by atoms with Gasteiger partial charge < -0.3 is 14.8 Å². The van der Waals surface area contributed by atoms with E-state index >= 15 is 0 Å². The Bertz CT molecular complexity index is 390. The summed E-state index contributed by atoms with van der Waals surface area (Å²) in [6, 6.07) is 0.389. The SMILES string of the molecule is C[C@H]1CCCC[C@@H]1NC(=O)CN1CCC(OC2CCOCC2)CC1. The van der Waals surface area contributed by atoms with E-state index in [4.69, 9.17) is 9.47 Å². The van der Waals surface area contributed by atoms with Crippen LogP contribution in [0, 0.1) is 5.92 Å². The summed E-state index contributed by atoms with van der Waals surface area (Å²) in [6.45, 7) is 6.44. The van der Waals surface area contributed by atoms with Crippen molar-refractivity contribution in [2.45, 2.75) is 76.5 Å². The van der Waals surface area contributed by atoms with E-state index in [1.165, 1.54) is 19.3 Å². The van der Waals surface area contributed by atoms with Crippen molar-refractivity contribution in [1.29, 1.82) is 0 Å². The Balaban J connectivity index is 1.33. The second-order valence-corrected chi connectivity index (χ2v) is 7.86. The van der Waals surface area contributed by atoms with Crippen molar-refractivity contribution in [2.75, 3.05) is 32.8 Å². The van der Waals surface area contributed by atoms with Gasteiger partial charge in [0.05, 0.1) is 18.8 Å². The normalized spacial score (nSPS) is 31.0. The van der Waals surface area contributed by atoms with Crippen LogP contribution in [0.5, 0.6) is 0 Å². The van der Waals surface area contributed by atoms with Crippen molar-refractivity contribution in [1.82, 2.24) is 10.2 Å². The van der Waals surface area contributed by atoms with E-state index in [2.05, 4.69) is 17.1 Å². The molecular formula is C19H34N2O3. The maximum Gasteiger partial charge on any atom is 0.234 e. The van der Waals surface area contributed by atoms with Crippen LogP contribution in [0.1, 0.15) is 58.3 Å². The van der Waals surface area contributed by atoms with Crippen molar-refractivity contribution in [3.8, 4) is 0 Å². The molecule has 2 heterocycles. The fraction of sp³-hybridized carbons (Fsp3) is 0.947. The Morgan fingerprint density at radius 3 is 2.42 bits per heavy atom. The largest absolute Gasteiger partial charge is 0.381 e. The smallest absolute Gasteiger partial charge is 0.234 e. The van der Waals surface area contributed by atoms with Crippen molar-refractivity contribution in [2.24, 2.45) is 5.92 Å². The Labute approximate surface area is 146 Å². The topological polar surface area (TPSA) is 50.8 Å². The molecule has 2 aliphatic heterocycles. The zero-order valence-corrected chi connectivity index (χ0v) is 15.2. The molecule has 0 aromatic carbocycles. The van der Waals surface area contributed by atoms with Gasteiger partial charge in [-0.1, -0.05) is 19.8 Å². The Morgan fingerprint density at radius 1 is 1.04 bits per heavy atom. The molecular weight excluding hydrogens is 304 g/mol. The fourth-order valence-electron chi connectivity index (χ4n) is 4.27. The number of hydrogen-bond donors (Lipinski definition) is 1. The quantitative estimate of drug-likeness (QED) is 0.836. The first-order chi connectivity index (χ1) is 11.7. The molecule has 138 valence electrons. The number of rotatable bonds is 5. The van der Waals surface area contributed by atoms with Crippen LogP contribution in [0.3, 0.4) is 0 Å². The molecule has 1 amide bonds. The minimum absolute atomic E-state index is 0.206. The molecule has 0 spiro atoms. The van der Waals surface area contributed by atoms with Crippen LogP contribution in [-0.2, 0) is 14.3 Å². The van der Waals surface area contributed by atoms with Crippen LogP contribution < -0.4 is 5.32 Å². The highest BCUT2D eigenvalue weighted by molar-refractivity contribution is 5.78. The van der Waals surface area contributed by atoms with Crippen molar-refractivity contribution < 1.29 is 14.3 Å². The number of carbonyl (C=O) groups excluding carboxylic acids is 1. The predicted molar refractivity (Wildman–Crippen MR) is 94.0 cm³/mol. The molecule has 3 aliphatic rings. The highest BCUT2D eigenvalue weighted by Gasteiger charge is 2.27. The molecule has 0 aromatic rings. The van der Waals surface area contributed by atoms with Crippen LogP contribution >= 0.6 is 0 Å². The molecule has 1 saturated carbocycles. The third kappa shape index (κ3) is 5.43. The van der Waals surface area contributed by atoms with Gasteiger partial charge in [-0.15, -0.1) is 0 Å². The second-order valence-electron chi connectivity index (χ2n) is 7.86. The molecule has 0 aromatic heterocycles. The van der Waals surface area contributed by atoms with Gasteiger partial charge in [-0.25, -0.2) is 0 Å². The van der Waals surface area contributed by atoms with Gasteiger partial charge in [0.2, 0.25) is 5.91 Å². The fourth-order valence-corrected chi connectivity index (χ4v) is 4.27. The highest BCUT2D eigenvalue weighted by atomic mass is 16.5. The average molecular weight is 338 g/mol. The van der Waals surface area contributed by atoms with E-state index in [1.54, 1.807) is 0 Å². The number of carbonyl (C=O) groups is 1. The lowest BCUT2D eigenvalue weighted by molar-refractivity contribution is -0.125. The van der Waals surface area contributed by atoms with Crippen LogP contribution in [0.25, 0.3) is 0 Å². The lowest BCUT2D eigenvalue weighted by atomic mass is 9.86. The van der Waals surface area contributed by atoms with Crippen LogP contribution in [0.15, 0.2) is 0 Å². The first-order valence-electron chi connectivity index (χ1n) is 9.95. The van der Waals surface area contributed by atoms with Crippen molar-refractivity contribution in [3.63, 3.8) is 0 Å². The first-order valence-corrected chi connectivity index (χ1v) is 9.95. The van der Waals surface area contributed by atoms with Crippen molar-refractivity contribution in [3.05, 3.63) is 0 Å². The lowest BCUT2D eigenvalue weighted by Gasteiger charge is -2.35. The van der Waals surface area contributed by atoms with Gasteiger partial charge in [-0.2, -0.15) is 0 Å². The van der Waals surface area contributed by atoms with Gasteiger partial charge in [0.15, 0.2) is 0 Å². The number of amides is 1. The van der Waals surface area contributed by atoms with Gasteiger partial charge in [-0.05, 0) is 44.4 Å². The molecule has 24 heavy (non-hydrogen) atoms. The average Bonchev–Trinajstić information content (AvgIpc) is 2.60. The summed E-state index contributed by atoms with van der Waals surface area (Å²) in [5.41, 5.74) is 0. The van der Waals surface area contributed by atoms with Gasteiger partial charge >= 0.3 is 0 Å². The third-order valence-electron chi connectivity index (χ3n) is 5.91. The molecule has 0 bridgehead atoms. The van der Waals surface area contributed by atoms with E-state index in [0.29, 0.717) is 30.7 Å². The Kier molecular flexibility index (Phi) is 6.93. The molecule has 2 saturated heterocycles. The van der Waals surface area contributed by atoms with Crippen LogP contribution in [0.4, 0.5) is 0 Å². The molecule has 1 aliphatic carbocycles. The monoisotopic (exact) mass is 338 g/mol. The number of piperidine rings is 1. The number of nitrogens with zero attached hydrogens (tertiary/aromatic N) is 1. The summed E-state index contributed by atoms with van der Waals surface area (Å²) in [6.07, 6.45) is 9.86. The second kappa shape index (κ2) is 9.16. The molecule has 5 heteroatoms. The summed E-state index contributed by atoms with van der Waals surface area (Å²) < 4.78 is 11.6. The van der Waals surface area contributed by atoms with E-state index < -0.39 is 0 Å². The van der Waals surface area contributed by atoms with Gasteiger partial charge in [-0.3, -0.25) is 9.69 Å². The van der Waals surface area contributed by atoms with E-state index in [1.807, 2.05) is 0 Å². The number of nitrogens with one attached hydrogen (secondary N) is 1. The van der Waals surface area contributed by atoms with Crippen LogP contribution in [0.2, 0.25) is 0 Å². The standard InChI is InChI=1S/C19H34N2O3/c1-15-4-2-3-5-18(15)20-19(22)14-21-10-6-16(7-11-21)24-17-8-12-23-13-9-17/h15-18H,2-14H2,1H3,(H,20,22)/t15-,18-/m0/s1. The predicted octanol–water partition coefficient (Wildman–Crippen LogP) is 2.34. The van der Waals surface area contributed by atoms with Gasteiger partial charge in [0.25, 0.3) is 0 Å². The van der Waals surface area contributed by atoms with Gasteiger partial charge in [0, 0.05) is 32.3 Å². The van der Waals surface area contributed by atoms with E-state index in [-0.39, 0.29) is 5.91 Å². The molecule has 0 unspecified atom stereocenters. The van der Waals surface area contributed by atoms with Crippen molar-refractivity contribution >= 4 is 5.91 Å². The van der Waals surface area contributed by atoms with E-state index in [0.717, 1.165) is 58.4 Å². The summed E-state index contributed by atoms with van der Waals surface area (Å²) in [5.74, 6) is 0.832. The Morgan fingerprint density at radius 2 is 1.71 bits per heavy atom. The molecule has 1 N–H and O–H groups in total. The maximum absolute atomic E-state index is 12.3. The Hall–Kier alpha value is -0.650. The number of hydrogen-bond acceptors (Lipinski definition) is 4. The summed E-state index contributed by atoms with van der Waals surface area (Å²) in [7, 11) is 0. The van der Waals surface area contributed by atoms with E-state index in [9.17, 15) is 4.79 Å². The summed E-state index contributed by atoms with van der Waals surface area (Å²) in [4.78, 5) is 14.6. The lowest BCUT2D eigenvalue weighted by Crippen LogP contribution is -2.48. The molecule has 5 nitrogen and oxygen atoms in total. The zero-order chi connectivity index (χ0) is 16.8. The van der Waals surface area contributed by atoms with Crippen LogP contribution in [-0.4, -0.2) is 61.9 Å². The molecule has 0 radical (unpaired) electrons. The summed E-state index contributed by atoms with van der Waals surface area (Å²) >= 11 is 0. The highest BCUT2D eigenvalue weighted by Crippen LogP contribution is 2.24.